The van der Waals surface area contributed by atoms with E-state index in [1.807, 2.05) is 84.9 Å². The summed E-state index contributed by atoms with van der Waals surface area (Å²) in [5.41, 5.74) is 2.09. The number of hydrogen-bond acceptors (Lipinski definition) is 2. The first kappa shape index (κ1) is 19.8. The highest BCUT2D eigenvalue weighted by molar-refractivity contribution is 5.78. The summed E-state index contributed by atoms with van der Waals surface area (Å²) in [5, 5.41) is 14.7. The van der Waals surface area contributed by atoms with Crippen molar-refractivity contribution in [3.05, 3.63) is 107 Å². The Labute approximate surface area is 167 Å². The average Bonchev–Trinajstić information content (AvgIpc) is 2.75. The Balaban J connectivity index is 1.87. The van der Waals surface area contributed by atoms with Crippen molar-refractivity contribution < 1.29 is 9.90 Å². The van der Waals surface area contributed by atoms with Crippen molar-refractivity contribution in [3.63, 3.8) is 0 Å². The molecule has 0 fully saturated rings. The van der Waals surface area contributed by atoms with Crippen LogP contribution in [-0.2, 0) is 16.8 Å². The van der Waals surface area contributed by atoms with Crippen molar-refractivity contribution in [2.45, 2.75) is 31.8 Å². The summed E-state index contributed by atoms with van der Waals surface area (Å²) < 4.78 is 0. The molecule has 0 unspecified atom stereocenters. The van der Waals surface area contributed by atoms with Gasteiger partial charge in [-0.25, -0.2) is 0 Å². The molecule has 28 heavy (non-hydrogen) atoms. The molecule has 0 radical (unpaired) electrons. The van der Waals surface area contributed by atoms with Crippen LogP contribution in [0.25, 0.3) is 0 Å². The van der Waals surface area contributed by atoms with Crippen LogP contribution in [-0.4, -0.2) is 17.6 Å². The Morgan fingerprint density at radius 2 is 1.32 bits per heavy atom. The minimum absolute atomic E-state index is 0.0302. The fraction of sp³-hybridized carbons (Fsp3) is 0.240. The Hall–Kier alpha value is -2.91. The molecule has 2 N–H and O–H groups in total. The van der Waals surface area contributed by atoms with Gasteiger partial charge in [-0.15, -0.1) is 0 Å². The lowest BCUT2D eigenvalue weighted by Gasteiger charge is -2.30. The second kappa shape index (κ2) is 9.34. The van der Waals surface area contributed by atoms with Gasteiger partial charge in [0.05, 0.1) is 6.42 Å². The van der Waals surface area contributed by atoms with Gasteiger partial charge < -0.3 is 10.4 Å². The first-order valence-electron chi connectivity index (χ1n) is 9.84. The maximum Gasteiger partial charge on any atom is 0.224 e. The lowest BCUT2D eigenvalue weighted by molar-refractivity contribution is -0.120. The molecule has 0 heterocycles. The highest BCUT2D eigenvalue weighted by Gasteiger charge is 2.33. The largest absolute Gasteiger partial charge is 0.376 e. The van der Waals surface area contributed by atoms with Gasteiger partial charge in [0.25, 0.3) is 0 Å². The molecule has 3 aromatic carbocycles. The third kappa shape index (κ3) is 4.49. The number of amides is 1. The average molecular weight is 373 g/mol. The molecular weight excluding hydrogens is 346 g/mol. The first-order valence-corrected chi connectivity index (χ1v) is 9.84. The van der Waals surface area contributed by atoms with Crippen LogP contribution in [0.2, 0.25) is 0 Å². The van der Waals surface area contributed by atoms with Gasteiger partial charge in [0, 0.05) is 6.54 Å². The Morgan fingerprint density at radius 1 is 0.821 bits per heavy atom. The van der Waals surface area contributed by atoms with E-state index in [1.165, 1.54) is 0 Å². The molecule has 3 nitrogen and oxygen atoms in total. The van der Waals surface area contributed by atoms with E-state index in [2.05, 4.69) is 12.2 Å². The fourth-order valence-corrected chi connectivity index (χ4v) is 3.37. The molecule has 144 valence electrons. The van der Waals surface area contributed by atoms with Crippen molar-refractivity contribution in [2.75, 3.05) is 6.54 Å². The van der Waals surface area contributed by atoms with E-state index in [0.717, 1.165) is 41.6 Å². The van der Waals surface area contributed by atoms with Crippen LogP contribution in [0, 0.1) is 0 Å². The van der Waals surface area contributed by atoms with Crippen molar-refractivity contribution in [1.29, 1.82) is 0 Å². The van der Waals surface area contributed by atoms with Crippen LogP contribution < -0.4 is 5.32 Å². The maximum atomic E-state index is 12.1. The molecule has 3 rings (SSSR count). The molecule has 3 aromatic rings. The molecule has 0 bridgehead atoms. The lowest BCUT2D eigenvalue weighted by atomic mass is 9.80. The van der Waals surface area contributed by atoms with E-state index in [4.69, 9.17) is 0 Å². The smallest absolute Gasteiger partial charge is 0.224 e. The van der Waals surface area contributed by atoms with E-state index in [9.17, 15) is 9.90 Å². The minimum Gasteiger partial charge on any atom is -0.376 e. The predicted octanol–water partition coefficient (Wildman–Crippen LogP) is 4.43. The van der Waals surface area contributed by atoms with Crippen molar-refractivity contribution in [1.82, 2.24) is 5.32 Å². The van der Waals surface area contributed by atoms with Gasteiger partial charge in [0.2, 0.25) is 5.91 Å². The summed E-state index contributed by atoms with van der Waals surface area (Å²) in [5.74, 6) is 0.0302. The first-order chi connectivity index (χ1) is 13.6. The molecule has 1 amide bonds. The van der Waals surface area contributed by atoms with Crippen LogP contribution in [0.15, 0.2) is 84.9 Å². The van der Waals surface area contributed by atoms with E-state index in [0.29, 0.717) is 6.42 Å². The standard InChI is InChI=1S/C25H27NO2/c1-2-3-18-26-24(27)19-20-14-16-23(17-15-20)25(28,21-10-6-4-7-11-21)22-12-8-5-9-13-22/h4-17,28H,2-3,18-19H2,1H3,(H,26,27). The molecule has 0 aliphatic carbocycles. The molecule has 3 heteroatoms. The van der Waals surface area contributed by atoms with Crippen molar-refractivity contribution in [2.24, 2.45) is 0 Å². The van der Waals surface area contributed by atoms with Gasteiger partial charge in [-0.3, -0.25) is 4.79 Å². The van der Waals surface area contributed by atoms with Gasteiger partial charge >= 0.3 is 0 Å². The third-order valence-corrected chi connectivity index (χ3v) is 4.97. The zero-order valence-electron chi connectivity index (χ0n) is 16.3. The van der Waals surface area contributed by atoms with Crippen LogP contribution >= 0.6 is 0 Å². The molecule has 0 aliphatic heterocycles. The molecule has 0 aromatic heterocycles. The second-order valence-corrected chi connectivity index (χ2v) is 7.02. The van der Waals surface area contributed by atoms with Gasteiger partial charge in [0.1, 0.15) is 5.60 Å². The Kier molecular flexibility index (Phi) is 6.62. The van der Waals surface area contributed by atoms with Crippen molar-refractivity contribution in [3.8, 4) is 0 Å². The monoisotopic (exact) mass is 373 g/mol. The SMILES string of the molecule is CCCCNC(=O)Cc1ccc(C(O)(c2ccccc2)c2ccccc2)cc1. The summed E-state index contributed by atoms with van der Waals surface area (Å²) in [4.78, 5) is 12.1. The maximum absolute atomic E-state index is 12.1. The molecule has 0 saturated heterocycles. The highest BCUT2D eigenvalue weighted by Crippen LogP contribution is 2.36. The zero-order valence-corrected chi connectivity index (χ0v) is 16.3. The molecular formula is C25H27NO2. The number of carbonyl (C=O) groups excluding carboxylic acids is 1. The van der Waals surface area contributed by atoms with E-state index >= 15 is 0 Å². The number of hydrogen-bond donors (Lipinski definition) is 2. The Bertz CT molecular complexity index is 834. The normalized spacial score (nSPS) is 11.2. The zero-order chi connectivity index (χ0) is 19.8. The quantitative estimate of drug-likeness (QED) is 0.453. The van der Waals surface area contributed by atoms with E-state index in [-0.39, 0.29) is 5.91 Å². The van der Waals surface area contributed by atoms with E-state index in [1.54, 1.807) is 0 Å². The minimum atomic E-state index is -1.25. The summed E-state index contributed by atoms with van der Waals surface area (Å²) in [7, 11) is 0. The fourth-order valence-electron chi connectivity index (χ4n) is 3.37. The highest BCUT2D eigenvalue weighted by atomic mass is 16.3. The number of nitrogens with one attached hydrogen (secondary N) is 1. The predicted molar refractivity (Wildman–Crippen MR) is 113 cm³/mol. The van der Waals surface area contributed by atoms with E-state index < -0.39 is 5.60 Å². The topological polar surface area (TPSA) is 49.3 Å². The van der Waals surface area contributed by atoms with Crippen molar-refractivity contribution >= 4 is 5.91 Å². The molecule has 0 aliphatic rings. The number of benzene rings is 3. The van der Waals surface area contributed by atoms with Gasteiger partial charge in [-0.1, -0.05) is 98.3 Å². The van der Waals surface area contributed by atoms with Gasteiger partial charge in [-0.05, 0) is 28.7 Å². The number of unbranched alkanes of at least 4 members (excludes halogenated alkanes) is 1. The number of rotatable bonds is 8. The molecule has 0 saturated carbocycles. The van der Waals surface area contributed by atoms with Gasteiger partial charge in [0.15, 0.2) is 0 Å². The van der Waals surface area contributed by atoms with Crippen LogP contribution in [0.1, 0.15) is 42.0 Å². The number of aliphatic hydroxyl groups is 1. The van der Waals surface area contributed by atoms with Gasteiger partial charge in [-0.2, -0.15) is 0 Å². The van der Waals surface area contributed by atoms with Crippen LogP contribution in [0.4, 0.5) is 0 Å². The van der Waals surface area contributed by atoms with Crippen LogP contribution in [0.3, 0.4) is 0 Å². The number of carbonyl (C=O) groups is 1. The summed E-state index contributed by atoms with van der Waals surface area (Å²) in [6.45, 7) is 2.82. The lowest BCUT2D eigenvalue weighted by Crippen LogP contribution is -2.29. The Morgan fingerprint density at radius 3 is 1.82 bits per heavy atom. The molecule has 0 atom stereocenters. The summed E-state index contributed by atoms with van der Waals surface area (Å²) >= 11 is 0. The third-order valence-electron chi connectivity index (χ3n) is 4.97. The second-order valence-electron chi connectivity index (χ2n) is 7.02. The molecule has 0 spiro atoms. The van der Waals surface area contributed by atoms with Crippen LogP contribution in [0.5, 0.6) is 0 Å². The summed E-state index contributed by atoms with van der Waals surface area (Å²) in [6, 6.07) is 27.0. The summed E-state index contributed by atoms with van der Waals surface area (Å²) in [6.07, 6.45) is 2.40.